The lowest BCUT2D eigenvalue weighted by atomic mass is 10.1. The zero-order valence-corrected chi connectivity index (χ0v) is 16.6. The largest absolute Gasteiger partial charge is 0.484 e. The zero-order valence-electron chi connectivity index (χ0n) is 16.6. The molecular formula is C21H24FN5O2. The van der Waals surface area contributed by atoms with Gasteiger partial charge in [0.2, 0.25) is 0 Å². The zero-order chi connectivity index (χ0) is 20.0. The van der Waals surface area contributed by atoms with Gasteiger partial charge in [-0.2, -0.15) is 0 Å². The predicted octanol–water partition coefficient (Wildman–Crippen LogP) is 2.83. The molecular weight excluding hydrogens is 373 g/mol. The van der Waals surface area contributed by atoms with E-state index in [1.165, 1.54) is 11.8 Å². The molecule has 0 N–H and O–H groups in total. The lowest BCUT2D eigenvalue weighted by Gasteiger charge is -2.39. The normalized spacial score (nSPS) is 18.2. The van der Waals surface area contributed by atoms with Gasteiger partial charge in [0.25, 0.3) is 5.88 Å². The van der Waals surface area contributed by atoms with E-state index in [0.29, 0.717) is 30.5 Å². The summed E-state index contributed by atoms with van der Waals surface area (Å²) in [5.74, 6) is 0.435. The molecule has 152 valence electrons. The van der Waals surface area contributed by atoms with E-state index in [1.54, 1.807) is 0 Å². The quantitative estimate of drug-likeness (QED) is 0.678. The molecule has 5 heterocycles. The third-order valence-electron chi connectivity index (χ3n) is 5.70. The third kappa shape index (κ3) is 3.37. The number of rotatable bonds is 3. The highest BCUT2D eigenvalue weighted by Gasteiger charge is 2.27. The molecule has 0 bridgehead atoms. The Balaban J connectivity index is 1.29. The maximum Gasteiger partial charge on any atom is 0.257 e. The van der Waals surface area contributed by atoms with E-state index in [0.717, 1.165) is 37.5 Å². The topological polar surface area (TPSA) is 55.1 Å². The van der Waals surface area contributed by atoms with Crippen LogP contribution in [0.1, 0.15) is 24.4 Å². The fourth-order valence-electron chi connectivity index (χ4n) is 4.09. The number of halogens is 1. The summed E-state index contributed by atoms with van der Waals surface area (Å²) in [4.78, 5) is 13.6. The highest BCUT2D eigenvalue weighted by Crippen LogP contribution is 2.33. The first-order chi connectivity index (χ1) is 14.1. The molecule has 2 aliphatic heterocycles. The van der Waals surface area contributed by atoms with Gasteiger partial charge in [0.15, 0.2) is 5.75 Å². The maximum atomic E-state index is 14.6. The maximum absolute atomic E-state index is 14.6. The highest BCUT2D eigenvalue weighted by atomic mass is 19.1. The van der Waals surface area contributed by atoms with Crippen molar-refractivity contribution >= 4 is 11.3 Å². The van der Waals surface area contributed by atoms with Crippen LogP contribution in [0, 0.1) is 12.7 Å². The van der Waals surface area contributed by atoms with E-state index in [2.05, 4.69) is 31.9 Å². The molecule has 8 heteroatoms. The number of aromatic nitrogens is 3. The molecule has 0 aliphatic carbocycles. The van der Waals surface area contributed by atoms with Gasteiger partial charge >= 0.3 is 0 Å². The first-order valence-electron chi connectivity index (χ1n) is 9.99. The van der Waals surface area contributed by atoms with Crippen LogP contribution in [0.15, 0.2) is 30.6 Å². The molecule has 0 aromatic carbocycles. The fraction of sp³-hybridized carbons (Fsp3) is 0.429. The summed E-state index contributed by atoms with van der Waals surface area (Å²) in [6, 6.07) is 5.50. The van der Waals surface area contributed by atoms with E-state index >= 15 is 0 Å². The first kappa shape index (κ1) is 18.2. The van der Waals surface area contributed by atoms with Crippen molar-refractivity contribution < 1.29 is 13.9 Å². The Kier molecular flexibility index (Phi) is 4.50. The SMILES string of the molecule is Cc1cn2ccc(N3CCN(C(C)c4nc5c(cc4F)OCCO5)CC3)cc2n1. The van der Waals surface area contributed by atoms with Crippen LogP contribution in [-0.2, 0) is 0 Å². The molecule has 1 saturated heterocycles. The second-order valence-corrected chi connectivity index (χ2v) is 7.59. The third-order valence-corrected chi connectivity index (χ3v) is 5.70. The Hall–Kier alpha value is -2.87. The summed E-state index contributed by atoms with van der Waals surface area (Å²) in [5.41, 5.74) is 3.55. The van der Waals surface area contributed by atoms with Crippen LogP contribution < -0.4 is 14.4 Å². The molecule has 29 heavy (non-hydrogen) atoms. The molecule has 2 aliphatic rings. The van der Waals surface area contributed by atoms with Crippen molar-refractivity contribution in [2.24, 2.45) is 0 Å². The summed E-state index contributed by atoms with van der Waals surface area (Å²) in [6.45, 7) is 8.26. The molecule has 7 nitrogen and oxygen atoms in total. The Morgan fingerprint density at radius 3 is 2.69 bits per heavy atom. The van der Waals surface area contributed by atoms with Gasteiger partial charge < -0.3 is 18.8 Å². The Bertz CT molecular complexity index is 1040. The second kappa shape index (κ2) is 7.18. The number of hydrogen-bond donors (Lipinski definition) is 0. The van der Waals surface area contributed by atoms with Crippen LogP contribution in [0.2, 0.25) is 0 Å². The van der Waals surface area contributed by atoms with Gasteiger partial charge in [0.05, 0.1) is 17.4 Å². The standard InChI is InChI=1S/C21H24FN5O2/c1-14-13-27-4-3-16(11-19(27)23-14)26-7-5-25(6-8-26)15(2)20-17(22)12-18-21(24-20)29-10-9-28-18/h3-4,11-13,15H,5-10H2,1-2H3. The van der Waals surface area contributed by atoms with Crippen molar-refractivity contribution in [3.05, 3.63) is 47.8 Å². The van der Waals surface area contributed by atoms with E-state index in [1.807, 2.05) is 30.6 Å². The van der Waals surface area contributed by atoms with Crippen LogP contribution >= 0.6 is 0 Å². The Labute approximate surface area is 168 Å². The first-order valence-corrected chi connectivity index (χ1v) is 9.99. The van der Waals surface area contributed by atoms with Gasteiger partial charge in [-0.25, -0.2) is 14.4 Å². The number of ether oxygens (including phenoxy) is 2. The molecule has 3 aromatic rings. The van der Waals surface area contributed by atoms with Crippen LogP contribution in [0.5, 0.6) is 11.6 Å². The number of pyridine rings is 2. The molecule has 1 atom stereocenters. The Morgan fingerprint density at radius 1 is 1.07 bits per heavy atom. The van der Waals surface area contributed by atoms with Crippen molar-refractivity contribution in [1.82, 2.24) is 19.3 Å². The number of nitrogens with zero attached hydrogens (tertiary/aromatic N) is 5. The predicted molar refractivity (Wildman–Crippen MR) is 107 cm³/mol. The molecule has 0 amide bonds. The molecule has 3 aromatic heterocycles. The van der Waals surface area contributed by atoms with Crippen molar-refractivity contribution in [2.75, 3.05) is 44.3 Å². The van der Waals surface area contributed by atoms with E-state index in [4.69, 9.17) is 9.47 Å². The smallest absolute Gasteiger partial charge is 0.257 e. The van der Waals surface area contributed by atoms with Crippen LogP contribution in [0.25, 0.3) is 5.65 Å². The minimum absolute atomic E-state index is 0.134. The number of aryl methyl sites for hydroxylation is 1. The molecule has 1 fully saturated rings. The summed E-state index contributed by atoms with van der Waals surface area (Å²) in [5, 5.41) is 0. The van der Waals surface area contributed by atoms with Gasteiger partial charge in [-0.3, -0.25) is 4.90 Å². The Morgan fingerprint density at radius 2 is 1.86 bits per heavy atom. The van der Waals surface area contributed by atoms with Crippen molar-refractivity contribution in [3.63, 3.8) is 0 Å². The number of piperazine rings is 1. The number of fused-ring (bicyclic) bond motifs is 2. The number of hydrogen-bond acceptors (Lipinski definition) is 6. The highest BCUT2D eigenvalue weighted by molar-refractivity contribution is 5.57. The second-order valence-electron chi connectivity index (χ2n) is 7.59. The molecule has 0 radical (unpaired) electrons. The van der Waals surface area contributed by atoms with Gasteiger partial charge in [-0.1, -0.05) is 0 Å². The molecule has 0 saturated carbocycles. The summed E-state index contributed by atoms with van der Waals surface area (Å²) in [6.07, 6.45) is 4.07. The monoisotopic (exact) mass is 397 g/mol. The lowest BCUT2D eigenvalue weighted by molar-refractivity contribution is 0.157. The van der Waals surface area contributed by atoms with E-state index in [9.17, 15) is 4.39 Å². The van der Waals surface area contributed by atoms with Gasteiger partial charge in [-0.05, 0) is 19.9 Å². The van der Waals surface area contributed by atoms with E-state index in [-0.39, 0.29) is 11.9 Å². The number of imidazole rings is 1. The van der Waals surface area contributed by atoms with Crippen LogP contribution in [0.3, 0.4) is 0 Å². The van der Waals surface area contributed by atoms with Crippen molar-refractivity contribution in [1.29, 1.82) is 0 Å². The number of anilines is 1. The molecule has 5 rings (SSSR count). The molecule has 1 unspecified atom stereocenters. The fourth-order valence-corrected chi connectivity index (χ4v) is 4.09. The summed E-state index contributed by atoms with van der Waals surface area (Å²) in [7, 11) is 0. The minimum Gasteiger partial charge on any atom is -0.484 e. The van der Waals surface area contributed by atoms with Crippen molar-refractivity contribution in [3.8, 4) is 11.6 Å². The lowest BCUT2D eigenvalue weighted by Crippen LogP contribution is -2.47. The average Bonchev–Trinajstić information content (AvgIpc) is 3.12. The van der Waals surface area contributed by atoms with Crippen LogP contribution in [-0.4, -0.2) is 58.7 Å². The summed E-state index contributed by atoms with van der Waals surface area (Å²) < 4.78 is 27.6. The average molecular weight is 397 g/mol. The minimum atomic E-state index is -0.343. The molecule has 0 spiro atoms. The van der Waals surface area contributed by atoms with Gasteiger partial charge in [-0.15, -0.1) is 0 Å². The van der Waals surface area contributed by atoms with Crippen LogP contribution in [0.4, 0.5) is 10.1 Å². The van der Waals surface area contributed by atoms with Crippen molar-refractivity contribution in [2.45, 2.75) is 19.9 Å². The summed E-state index contributed by atoms with van der Waals surface area (Å²) >= 11 is 0. The van der Waals surface area contributed by atoms with E-state index < -0.39 is 0 Å². The van der Waals surface area contributed by atoms with Gasteiger partial charge in [0.1, 0.15) is 24.7 Å². The van der Waals surface area contributed by atoms with Gasteiger partial charge in [0, 0.05) is 56.4 Å².